The van der Waals surface area contributed by atoms with Crippen molar-refractivity contribution in [1.82, 2.24) is 0 Å². The Balaban J connectivity index is 2.27. The Morgan fingerprint density at radius 2 is 1.74 bits per heavy atom. The van der Waals surface area contributed by atoms with Crippen molar-refractivity contribution in [2.24, 2.45) is 0 Å². The zero-order valence-electron chi connectivity index (χ0n) is 11.1. The summed E-state index contributed by atoms with van der Waals surface area (Å²) in [5.74, 6) is -0.282. The molecule has 98 valence electrons. The molecule has 1 unspecified atom stereocenters. The standard InChI is InChI=1S/C16H17NO2/c1-17(2)14-10-6-9-13(11-14)16(19)15(18)12-7-4-3-5-8-12/h3-11,15,18H,1-2H3. The van der Waals surface area contributed by atoms with E-state index in [1.165, 1.54) is 0 Å². The summed E-state index contributed by atoms with van der Waals surface area (Å²) in [5, 5.41) is 10.1. The summed E-state index contributed by atoms with van der Waals surface area (Å²) in [5.41, 5.74) is 2.07. The number of hydrogen-bond donors (Lipinski definition) is 1. The van der Waals surface area contributed by atoms with Gasteiger partial charge >= 0.3 is 0 Å². The summed E-state index contributed by atoms with van der Waals surface area (Å²) in [6.45, 7) is 0. The van der Waals surface area contributed by atoms with Crippen LogP contribution in [0.3, 0.4) is 0 Å². The van der Waals surface area contributed by atoms with Crippen molar-refractivity contribution in [3.63, 3.8) is 0 Å². The highest BCUT2D eigenvalue weighted by Gasteiger charge is 2.19. The predicted octanol–water partition coefficient (Wildman–Crippen LogP) is 2.67. The second kappa shape index (κ2) is 5.67. The Hall–Kier alpha value is -2.13. The van der Waals surface area contributed by atoms with Gasteiger partial charge in [-0.3, -0.25) is 4.79 Å². The predicted molar refractivity (Wildman–Crippen MR) is 76.5 cm³/mol. The first kappa shape index (κ1) is 13.3. The van der Waals surface area contributed by atoms with Crippen LogP contribution in [0, 0.1) is 0 Å². The van der Waals surface area contributed by atoms with Gasteiger partial charge in [-0.15, -0.1) is 0 Å². The number of carbonyl (C=O) groups excluding carboxylic acids is 1. The van der Waals surface area contributed by atoms with Gasteiger partial charge < -0.3 is 10.0 Å². The first-order chi connectivity index (χ1) is 9.09. The number of nitrogens with zero attached hydrogens (tertiary/aromatic N) is 1. The summed E-state index contributed by atoms with van der Waals surface area (Å²) < 4.78 is 0. The maximum absolute atomic E-state index is 12.3. The van der Waals surface area contributed by atoms with Gasteiger partial charge in [0.25, 0.3) is 0 Å². The van der Waals surface area contributed by atoms with Gasteiger partial charge in [0.1, 0.15) is 6.10 Å². The molecule has 1 N–H and O–H groups in total. The number of Topliss-reactive ketones (excluding diaryl/α,β-unsaturated/α-hetero) is 1. The lowest BCUT2D eigenvalue weighted by Crippen LogP contribution is -2.14. The van der Waals surface area contributed by atoms with Crippen molar-refractivity contribution in [2.75, 3.05) is 19.0 Å². The first-order valence-corrected chi connectivity index (χ1v) is 6.14. The molecule has 0 heterocycles. The van der Waals surface area contributed by atoms with Gasteiger partial charge in [0.15, 0.2) is 5.78 Å². The van der Waals surface area contributed by atoms with E-state index in [1.807, 2.05) is 49.3 Å². The molecule has 3 heteroatoms. The minimum atomic E-state index is -1.11. The monoisotopic (exact) mass is 255 g/mol. The highest BCUT2D eigenvalue weighted by atomic mass is 16.3. The van der Waals surface area contributed by atoms with E-state index in [9.17, 15) is 9.90 Å². The zero-order chi connectivity index (χ0) is 13.8. The molecule has 0 aliphatic rings. The van der Waals surface area contributed by atoms with E-state index in [1.54, 1.807) is 24.3 Å². The molecule has 2 rings (SSSR count). The van der Waals surface area contributed by atoms with E-state index in [-0.39, 0.29) is 5.78 Å². The maximum Gasteiger partial charge on any atom is 0.195 e. The molecule has 0 spiro atoms. The van der Waals surface area contributed by atoms with Crippen LogP contribution in [0.5, 0.6) is 0 Å². The second-order valence-electron chi connectivity index (χ2n) is 4.62. The normalized spacial score (nSPS) is 11.9. The Morgan fingerprint density at radius 3 is 2.37 bits per heavy atom. The van der Waals surface area contributed by atoms with Crippen molar-refractivity contribution >= 4 is 11.5 Å². The van der Waals surface area contributed by atoms with Crippen LogP contribution in [0.1, 0.15) is 22.0 Å². The van der Waals surface area contributed by atoms with Gasteiger partial charge in [-0.1, -0.05) is 42.5 Å². The molecule has 0 aliphatic carbocycles. The summed E-state index contributed by atoms with van der Waals surface area (Å²) >= 11 is 0. The summed E-state index contributed by atoms with van der Waals surface area (Å²) in [7, 11) is 3.83. The fourth-order valence-electron chi connectivity index (χ4n) is 1.88. The highest BCUT2D eigenvalue weighted by Crippen LogP contribution is 2.21. The third-order valence-electron chi connectivity index (χ3n) is 3.01. The third-order valence-corrected chi connectivity index (χ3v) is 3.01. The molecule has 2 aromatic carbocycles. The quantitative estimate of drug-likeness (QED) is 0.854. The molecular formula is C16H17NO2. The Morgan fingerprint density at radius 1 is 1.05 bits per heavy atom. The van der Waals surface area contributed by atoms with Crippen molar-refractivity contribution in [3.8, 4) is 0 Å². The fraction of sp³-hybridized carbons (Fsp3) is 0.188. The summed E-state index contributed by atoms with van der Waals surface area (Å²) in [4.78, 5) is 14.2. The van der Waals surface area contributed by atoms with Crippen molar-refractivity contribution in [2.45, 2.75) is 6.10 Å². The highest BCUT2D eigenvalue weighted by molar-refractivity contribution is 6.00. The van der Waals surface area contributed by atoms with Crippen LogP contribution in [0.2, 0.25) is 0 Å². The zero-order valence-corrected chi connectivity index (χ0v) is 11.1. The first-order valence-electron chi connectivity index (χ1n) is 6.14. The SMILES string of the molecule is CN(C)c1cccc(C(=O)C(O)c2ccccc2)c1. The Labute approximate surface area is 113 Å². The maximum atomic E-state index is 12.3. The largest absolute Gasteiger partial charge is 0.380 e. The van der Waals surface area contributed by atoms with E-state index >= 15 is 0 Å². The number of benzene rings is 2. The van der Waals surface area contributed by atoms with Gasteiger partial charge in [-0.25, -0.2) is 0 Å². The molecule has 3 nitrogen and oxygen atoms in total. The van der Waals surface area contributed by atoms with Gasteiger partial charge in [-0.2, -0.15) is 0 Å². The van der Waals surface area contributed by atoms with Crippen LogP contribution in [-0.4, -0.2) is 25.0 Å². The number of ketones is 1. The van der Waals surface area contributed by atoms with Gasteiger partial charge in [-0.05, 0) is 17.7 Å². The molecule has 0 aliphatic heterocycles. The molecule has 0 saturated heterocycles. The molecular weight excluding hydrogens is 238 g/mol. The molecule has 1 atom stereocenters. The van der Waals surface area contributed by atoms with E-state index < -0.39 is 6.10 Å². The molecule has 0 bridgehead atoms. The van der Waals surface area contributed by atoms with Crippen LogP contribution < -0.4 is 4.90 Å². The van der Waals surface area contributed by atoms with Gasteiger partial charge in [0.05, 0.1) is 0 Å². The number of carbonyl (C=O) groups is 1. The topological polar surface area (TPSA) is 40.5 Å². The third kappa shape index (κ3) is 3.01. The van der Waals surface area contributed by atoms with E-state index in [4.69, 9.17) is 0 Å². The number of aliphatic hydroxyl groups excluding tert-OH is 1. The van der Waals surface area contributed by atoms with Crippen LogP contribution in [0.4, 0.5) is 5.69 Å². The van der Waals surface area contributed by atoms with Crippen LogP contribution >= 0.6 is 0 Å². The number of rotatable bonds is 4. The second-order valence-corrected chi connectivity index (χ2v) is 4.62. The fourth-order valence-corrected chi connectivity index (χ4v) is 1.88. The summed E-state index contributed by atoms with van der Waals surface area (Å²) in [6, 6.07) is 16.2. The van der Waals surface area contributed by atoms with Crippen molar-refractivity contribution < 1.29 is 9.90 Å². The Bertz CT molecular complexity index is 564. The van der Waals surface area contributed by atoms with Crippen LogP contribution in [0.15, 0.2) is 54.6 Å². The van der Waals surface area contributed by atoms with Crippen LogP contribution in [0.25, 0.3) is 0 Å². The molecule has 0 aromatic heterocycles. The summed E-state index contributed by atoms with van der Waals surface area (Å²) in [6.07, 6.45) is -1.11. The molecule has 0 radical (unpaired) electrons. The lowest BCUT2D eigenvalue weighted by molar-refractivity contribution is 0.0747. The molecule has 0 amide bonds. The van der Waals surface area contributed by atoms with Gasteiger partial charge in [0.2, 0.25) is 0 Å². The minimum Gasteiger partial charge on any atom is -0.380 e. The number of anilines is 1. The average Bonchev–Trinajstić information content (AvgIpc) is 2.46. The minimum absolute atomic E-state index is 0.282. The molecule has 19 heavy (non-hydrogen) atoms. The smallest absolute Gasteiger partial charge is 0.195 e. The average molecular weight is 255 g/mol. The van der Waals surface area contributed by atoms with E-state index in [2.05, 4.69) is 0 Å². The number of aliphatic hydroxyl groups is 1. The lowest BCUT2D eigenvalue weighted by atomic mass is 9.99. The lowest BCUT2D eigenvalue weighted by Gasteiger charge is -2.15. The van der Waals surface area contributed by atoms with E-state index in [0.717, 1.165) is 5.69 Å². The van der Waals surface area contributed by atoms with Crippen molar-refractivity contribution in [1.29, 1.82) is 0 Å². The van der Waals surface area contributed by atoms with E-state index in [0.29, 0.717) is 11.1 Å². The Kier molecular flexibility index (Phi) is 3.97. The molecule has 0 saturated carbocycles. The molecule has 2 aromatic rings. The molecule has 0 fully saturated rings. The number of hydrogen-bond acceptors (Lipinski definition) is 3. The van der Waals surface area contributed by atoms with Gasteiger partial charge in [0, 0.05) is 25.3 Å². The van der Waals surface area contributed by atoms with Crippen molar-refractivity contribution in [3.05, 3.63) is 65.7 Å². The van der Waals surface area contributed by atoms with Crippen LogP contribution in [-0.2, 0) is 0 Å².